The standard InChI is InChI=1S/C24H32FN5/c25-22(10-7-13-26)23(18-27)28-20-24(11-5-2-6-12-24)30-16-14-29(15-17-30)19-21-8-3-1-4-9-21/h1,3-4,7-10,13H,2,5-6,11-12,14-17,19-20,26H2/b13-7+,22-10+,28-23-. The molecule has 0 aromatic heterocycles. The van der Waals surface area contributed by atoms with Crippen LogP contribution in [0, 0.1) is 11.3 Å². The van der Waals surface area contributed by atoms with E-state index in [4.69, 9.17) is 5.73 Å². The van der Waals surface area contributed by atoms with E-state index in [1.165, 1.54) is 30.3 Å². The molecule has 0 unspecified atom stereocenters. The van der Waals surface area contributed by atoms with Crippen LogP contribution in [0.1, 0.15) is 37.7 Å². The third kappa shape index (κ3) is 5.78. The first-order chi connectivity index (χ1) is 14.7. The normalized spacial score (nSPS) is 21.6. The van der Waals surface area contributed by atoms with Gasteiger partial charge in [0.05, 0.1) is 6.54 Å². The van der Waals surface area contributed by atoms with Crippen molar-refractivity contribution in [2.24, 2.45) is 10.7 Å². The Bertz CT molecular complexity index is 795. The van der Waals surface area contributed by atoms with Crippen molar-refractivity contribution in [2.45, 2.75) is 44.2 Å². The maximum Gasteiger partial charge on any atom is 0.171 e. The SMILES string of the molecule is N#CC(=N/CC1(N2CCN(Cc3ccccc3)CC2)CCCCC1)/C(F)=C\C=C\N. The number of nitriles is 1. The highest BCUT2D eigenvalue weighted by molar-refractivity contribution is 6.09. The summed E-state index contributed by atoms with van der Waals surface area (Å²) in [6, 6.07) is 12.5. The Hall–Kier alpha value is -2.49. The molecular weight excluding hydrogens is 377 g/mol. The topological polar surface area (TPSA) is 68.7 Å². The number of nitrogens with two attached hydrogens (primary N) is 1. The zero-order chi connectivity index (χ0) is 21.2. The van der Waals surface area contributed by atoms with Gasteiger partial charge in [-0.05, 0) is 36.8 Å². The number of halogens is 1. The van der Waals surface area contributed by atoms with Gasteiger partial charge in [0.2, 0.25) is 0 Å². The van der Waals surface area contributed by atoms with Crippen molar-refractivity contribution in [1.82, 2.24) is 9.80 Å². The van der Waals surface area contributed by atoms with E-state index in [9.17, 15) is 9.65 Å². The van der Waals surface area contributed by atoms with Crippen LogP contribution < -0.4 is 5.73 Å². The van der Waals surface area contributed by atoms with Crippen LogP contribution in [0.4, 0.5) is 4.39 Å². The van der Waals surface area contributed by atoms with Crippen LogP contribution in [0.3, 0.4) is 0 Å². The Balaban J connectivity index is 1.67. The number of hydrogen-bond acceptors (Lipinski definition) is 5. The highest BCUT2D eigenvalue weighted by Crippen LogP contribution is 2.35. The van der Waals surface area contributed by atoms with Crippen molar-refractivity contribution >= 4 is 5.71 Å². The summed E-state index contributed by atoms with van der Waals surface area (Å²) in [6.07, 6.45) is 9.49. The Morgan fingerprint density at radius 1 is 1.13 bits per heavy atom. The van der Waals surface area contributed by atoms with Crippen LogP contribution >= 0.6 is 0 Å². The lowest BCUT2D eigenvalue weighted by Gasteiger charge is -2.49. The second-order valence-electron chi connectivity index (χ2n) is 8.21. The third-order valence-electron chi connectivity index (χ3n) is 6.29. The van der Waals surface area contributed by atoms with E-state index in [1.54, 1.807) is 0 Å². The fraction of sp³-hybridized carbons (Fsp3) is 0.500. The van der Waals surface area contributed by atoms with Gasteiger partial charge in [-0.1, -0.05) is 49.6 Å². The van der Waals surface area contributed by atoms with Gasteiger partial charge in [0.1, 0.15) is 6.07 Å². The van der Waals surface area contributed by atoms with E-state index in [0.717, 1.165) is 58.4 Å². The van der Waals surface area contributed by atoms with Gasteiger partial charge < -0.3 is 5.73 Å². The first-order valence-corrected chi connectivity index (χ1v) is 10.9. The largest absolute Gasteiger partial charge is 0.405 e. The van der Waals surface area contributed by atoms with Crippen molar-refractivity contribution < 1.29 is 4.39 Å². The molecule has 1 saturated heterocycles. The Morgan fingerprint density at radius 2 is 1.83 bits per heavy atom. The summed E-state index contributed by atoms with van der Waals surface area (Å²) >= 11 is 0. The monoisotopic (exact) mass is 409 g/mol. The van der Waals surface area contributed by atoms with Gasteiger partial charge in [-0.25, -0.2) is 4.39 Å². The molecule has 2 fully saturated rings. The Morgan fingerprint density at radius 3 is 2.47 bits per heavy atom. The molecule has 0 atom stereocenters. The summed E-state index contributed by atoms with van der Waals surface area (Å²) in [5, 5.41) is 9.36. The molecule has 1 aliphatic heterocycles. The zero-order valence-electron chi connectivity index (χ0n) is 17.6. The highest BCUT2D eigenvalue weighted by atomic mass is 19.1. The van der Waals surface area contributed by atoms with E-state index < -0.39 is 5.83 Å². The summed E-state index contributed by atoms with van der Waals surface area (Å²) < 4.78 is 14.2. The summed E-state index contributed by atoms with van der Waals surface area (Å²) in [7, 11) is 0. The molecule has 3 rings (SSSR count). The van der Waals surface area contributed by atoms with Crippen molar-refractivity contribution in [1.29, 1.82) is 5.26 Å². The van der Waals surface area contributed by atoms with Gasteiger partial charge in [0, 0.05) is 38.3 Å². The van der Waals surface area contributed by atoms with E-state index in [1.807, 2.05) is 6.07 Å². The van der Waals surface area contributed by atoms with Gasteiger partial charge in [0.25, 0.3) is 0 Å². The second kappa shape index (κ2) is 11.1. The Labute approximate surface area is 179 Å². The van der Waals surface area contributed by atoms with E-state index >= 15 is 0 Å². The third-order valence-corrected chi connectivity index (χ3v) is 6.29. The molecule has 0 amide bonds. The molecular formula is C24H32FN5. The molecule has 0 spiro atoms. The number of rotatable bonds is 7. The van der Waals surface area contributed by atoms with Crippen molar-refractivity contribution in [2.75, 3.05) is 32.7 Å². The number of piperazine rings is 1. The van der Waals surface area contributed by atoms with Crippen LogP contribution in [0.2, 0.25) is 0 Å². The molecule has 1 saturated carbocycles. The molecule has 160 valence electrons. The first kappa shape index (κ1) is 22.2. The smallest absolute Gasteiger partial charge is 0.171 e. The number of allylic oxidation sites excluding steroid dienone is 3. The van der Waals surface area contributed by atoms with Gasteiger partial charge in [-0.2, -0.15) is 5.26 Å². The lowest BCUT2D eigenvalue weighted by Crippen LogP contribution is -2.59. The Kier molecular flexibility index (Phi) is 8.18. The molecule has 1 aromatic rings. The van der Waals surface area contributed by atoms with E-state index in [0.29, 0.717) is 6.54 Å². The minimum Gasteiger partial charge on any atom is -0.405 e. The average Bonchev–Trinajstić information content (AvgIpc) is 2.80. The summed E-state index contributed by atoms with van der Waals surface area (Å²) in [5.41, 5.74) is 6.40. The minimum absolute atomic E-state index is 0.0663. The van der Waals surface area contributed by atoms with Crippen LogP contribution in [0.5, 0.6) is 0 Å². The van der Waals surface area contributed by atoms with Gasteiger partial charge in [-0.15, -0.1) is 0 Å². The van der Waals surface area contributed by atoms with Crippen LogP contribution in [0.25, 0.3) is 0 Å². The van der Waals surface area contributed by atoms with Gasteiger partial charge in [0.15, 0.2) is 11.5 Å². The molecule has 6 heteroatoms. The molecule has 5 nitrogen and oxygen atoms in total. The maximum atomic E-state index is 14.2. The molecule has 1 aromatic carbocycles. The van der Waals surface area contributed by atoms with Crippen molar-refractivity contribution in [3.05, 3.63) is 60.1 Å². The van der Waals surface area contributed by atoms with Crippen LogP contribution in [-0.2, 0) is 6.54 Å². The molecule has 0 bridgehead atoms. The molecule has 30 heavy (non-hydrogen) atoms. The molecule has 2 aliphatic rings. The molecule has 2 N–H and O–H groups in total. The fourth-order valence-electron chi connectivity index (χ4n) is 4.62. The van der Waals surface area contributed by atoms with Crippen LogP contribution in [-0.4, -0.2) is 53.8 Å². The fourth-order valence-corrected chi connectivity index (χ4v) is 4.62. The van der Waals surface area contributed by atoms with Crippen LogP contribution in [0.15, 0.2) is 59.5 Å². The summed E-state index contributed by atoms with van der Waals surface area (Å²) in [5.74, 6) is -0.627. The van der Waals surface area contributed by atoms with Crippen molar-refractivity contribution in [3.8, 4) is 6.07 Å². The highest BCUT2D eigenvalue weighted by Gasteiger charge is 2.39. The van der Waals surface area contributed by atoms with Gasteiger partial charge in [-0.3, -0.25) is 14.8 Å². The zero-order valence-corrected chi connectivity index (χ0v) is 17.6. The summed E-state index contributed by atoms with van der Waals surface area (Å²) in [4.78, 5) is 9.48. The quantitative estimate of drug-likeness (QED) is 0.549. The van der Waals surface area contributed by atoms with E-state index in [2.05, 4.69) is 45.1 Å². The average molecular weight is 410 g/mol. The number of hydrogen-bond donors (Lipinski definition) is 1. The minimum atomic E-state index is -0.627. The molecule has 0 radical (unpaired) electrons. The lowest BCUT2D eigenvalue weighted by molar-refractivity contribution is 0.0113. The second-order valence-corrected chi connectivity index (χ2v) is 8.21. The number of benzene rings is 1. The lowest BCUT2D eigenvalue weighted by atomic mass is 9.79. The predicted molar refractivity (Wildman–Crippen MR) is 120 cm³/mol. The van der Waals surface area contributed by atoms with E-state index in [-0.39, 0.29) is 11.3 Å². The predicted octanol–water partition coefficient (Wildman–Crippen LogP) is 3.80. The summed E-state index contributed by atoms with van der Waals surface area (Å²) in [6.45, 7) is 5.45. The number of nitrogens with zero attached hydrogens (tertiary/aromatic N) is 4. The van der Waals surface area contributed by atoms with Crippen molar-refractivity contribution in [3.63, 3.8) is 0 Å². The maximum absolute atomic E-state index is 14.2. The first-order valence-electron chi connectivity index (χ1n) is 10.9. The number of aliphatic imine (C=N–C) groups is 1. The molecule has 1 heterocycles. The van der Waals surface area contributed by atoms with Gasteiger partial charge >= 0.3 is 0 Å². The molecule has 1 aliphatic carbocycles.